The van der Waals surface area contributed by atoms with Crippen LogP contribution in [0.1, 0.15) is 29.0 Å². The average Bonchev–Trinajstić information content (AvgIpc) is 2.80. The van der Waals surface area contributed by atoms with Gasteiger partial charge < -0.3 is 5.11 Å². The van der Waals surface area contributed by atoms with E-state index in [1.807, 2.05) is 0 Å². The van der Waals surface area contributed by atoms with Gasteiger partial charge in [0, 0.05) is 6.61 Å². The van der Waals surface area contributed by atoms with Gasteiger partial charge in [0.2, 0.25) is 0 Å². The number of aryl methyl sites for hydroxylation is 2. The Bertz CT molecular complexity index is 297. The van der Waals surface area contributed by atoms with Crippen molar-refractivity contribution in [3.05, 3.63) is 34.9 Å². The smallest absolute Gasteiger partial charge is 0.0465 e. The molecule has 1 aromatic rings. The van der Waals surface area contributed by atoms with Crippen molar-refractivity contribution in [2.45, 2.75) is 26.2 Å². The van der Waals surface area contributed by atoms with Crippen LogP contribution in [-0.2, 0) is 0 Å². The molecule has 2 atom stereocenters. The summed E-state index contributed by atoms with van der Waals surface area (Å²) in [6.07, 6.45) is 1.17. The molecule has 1 saturated carbocycles. The average molecular weight is 176 g/mol. The standard InChI is InChI=1S/C12H16O/c1-8-3-9(2)5-10(4-8)12-6-11(12)7-13/h3-5,11-13H,6-7H2,1-2H3/t11-,12+/m0/s1. The molecule has 1 heteroatoms. The number of benzene rings is 1. The minimum Gasteiger partial charge on any atom is -0.396 e. The Morgan fingerprint density at radius 1 is 1.23 bits per heavy atom. The van der Waals surface area contributed by atoms with Gasteiger partial charge in [-0.25, -0.2) is 0 Å². The zero-order valence-electron chi connectivity index (χ0n) is 8.25. The van der Waals surface area contributed by atoms with Crippen molar-refractivity contribution in [3.8, 4) is 0 Å². The van der Waals surface area contributed by atoms with Crippen LogP contribution >= 0.6 is 0 Å². The summed E-state index contributed by atoms with van der Waals surface area (Å²) in [7, 11) is 0. The number of rotatable bonds is 2. The minimum atomic E-state index is 0.345. The molecule has 2 rings (SSSR count). The lowest BCUT2D eigenvalue weighted by molar-refractivity contribution is 0.274. The van der Waals surface area contributed by atoms with E-state index in [0.717, 1.165) is 0 Å². The van der Waals surface area contributed by atoms with E-state index in [4.69, 9.17) is 5.11 Å². The largest absolute Gasteiger partial charge is 0.396 e. The quantitative estimate of drug-likeness (QED) is 0.733. The number of aliphatic hydroxyl groups is 1. The Labute approximate surface area is 79.4 Å². The molecule has 13 heavy (non-hydrogen) atoms. The van der Waals surface area contributed by atoms with Crippen LogP contribution < -0.4 is 0 Å². The molecule has 0 spiro atoms. The fourth-order valence-corrected chi connectivity index (χ4v) is 2.08. The van der Waals surface area contributed by atoms with Crippen molar-refractivity contribution in [3.63, 3.8) is 0 Å². The summed E-state index contributed by atoms with van der Waals surface area (Å²) < 4.78 is 0. The van der Waals surface area contributed by atoms with E-state index < -0.39 is 0 Å². The van der Waals surface area contributed by atoms with E-state index in [9.17, 15) is 0 Å². The lowest BCUT2D eigenvalue weighted by Gasteiger charge is -2.03. The van der Waals surface area contributed by atoms with Gasteiger partial charge in [0.25, 0.3) is 0 Å². The maximum atomic E-state index is 8.98. The Hall–Kier alpha value is -0.820. The second-order valence-electron chi connectivity index (χ2n) is 4.21. The summed E-state index contributed by atoms with van der Waals surface area (Å²) in [6.45, 7) is 4.61. The van der Waals surface area contributed by atoms with Crippen molar-refractivity contribution < 1.29 is 5.11 Å². The third-order valence-electron chi connectivity index (χ3n) is 2.83. The molecule has 1 fully saturated rings. The third kappa shape index (κ3) is 1.75. The molecule has 0 aliphatic heterocycles. The normalized spacial score (nSPS) is 26.1. The van der Waals surface area contributed by atoms with Crippen LogP contribution in [0.3, 0.4) is 0 Å². The summed E-state index contributed by atoms with van der Waals surface area (Å²) in [5.41, 5.74) is 4.08. The van der Waals surface area contributed by atoms with E-state index in [-0.39, 0.29) is 0 Å². The maximum absolute atomic E-state index is 8.98. The van der Waals surface area contributed by atoms with Crippen LogP contribution in [0.25, 0.3) is 0 Å². The van der Waals surface area contributed by atoms with Gasteiger partial charge in [-0.1, -0.05) is 29.3 Å². The highest BCUT2D eigenvalue weighted by molar-refractivity contribution is 5.34. The Morgan fingerprint density at radius 2 is 1.85 bits per heavy atom. The van der Waals surface area contributed by atoms with Gasteiger partial charge in [-0.3, -0.25) is 0 Å². The zero-order valence-corrected chi connectivity index (χ0v) is 8.25. The molecule has 1 aliphatic rings. The first kappa shape index (κ1) is 8.76. The summed E-state index contributed by atoms with van der Waals surface area (Å²) in [6, 6.07) is 6.68. The highest BCUT2D eigenvalue weighted by Crippen LogP contribution is 2.47. The van der Waals surface area contributed by atoms with Crippen molar-refractivity contribution in [1.29, 1.82) is 0 Å². The molecule has 0 radical (unpaired) electrons. The van der Waals surface area contributed by atoms with E-state index >= 15 is 0 Å². The molecule has 0 amide bonds. The molecule has 0 unspecified atom stereocenters. The maximum Gasteiger partial charge on any atom is 0.0465 e. The molecule has 0 bridgehead atoms. The molecule has 0 heterocycles. The van der Waals surface area contributed by atoms with Crippen molar-refractivity contribution >= 4 is 0 Å². The number of aliphatic hydroxyl groups excluding tert-OH is 1. The second kappa shape index (κ2) is 3.15. The highest BCUT2D eigenvalue weighted by atomic mass is 16.3. The van der Waals surface area contributed by atoms with Gasteiger partial charge in [-0.15, -0.1) is 0 Å². The van der Waals surface area contributed by atoms with Gasteiger partial charge in [0.15, 0.2) is 0 Å². The molecule has 0 aromatic heterocycles. The fourth-order valence-electron chi connectivity index (χ4n) is 2.08. The molecular formula is C12H16O. The van der Waals surface area contributed by atoms with Crippen LogP contribution in [0.5, 0.6) is 0 Å². The molecule has 1 aliphatic carbocycles. The lowest BCUT2D eigenvalue weighted by atomic mass is 10.0. The van der Waals surface area contributed by atoms with Crippen LogP contribution in [-0.4, -0.2) is 11.7 Å². The van der Waals surface area contributed by atoms with E-state index in [1.165, 1.54) is 23.1 Å². The molecule has 1 aromatic carbocycles. The Balaban J connectivity index is 2.22. The monoisotopic (exact) mass is 176 g/mol. The number of hydrogen-bond acceptors (Lipinski definition) is 1. The zero-order chi connectivity index (χ0) is 9.42. The predicted molar refractivity (Wildman–Crippen MR) is 53.8 cm³/mol. The third-order valence-corrected chi connectivity index (χ3v) is 2.83. The van der Waals surface area contributed by atoms with Crippen LogP contribution in [0.2, 0.25) is 0 Å². The van der Waals surface area contributed by atoms with Gasteiger partial charge in [-0.05, 0) is 37.7 Å². The predicted octanol–water partition coefficient (Wildman–Crippen LogP) is 2.40. The Kier molecular flexibility index (Phi) is 2.12. The fraction of sp³-hybridized carbons (Fsp3) is 0.500. The van der Waals surface area contributed by atoms with E-state index in [0.29, 0.717) is 18.4 Å². The van der Waals surface area contributed by atoms with Crippen LogP contribution in [0.4, 0.5) is 0 Å². The van der Waals surface area contributed by atoms with Crippen LogP contribution in [0, 0.1) is 19.8 Å². The first-order chi connectivity index (χ1) is 6.20. The van der Waals surface area contributed by atoms with Crippen molar-refractivity contribution in [2.24, 2.45) is 5.92 Å². The molecule has 0 saturated heterocycles. The minimum absolute atomic E-state index is 0.345. The number of hydrogen-bond donors (Lipinski definition) is 1. The lowest BCUT2D eigenvalue weighted by Crippen LogP contribution is -1.90. The highest BCUT2D eigenvalue weighted by Gasteiger charge is 2.37. The Morgan fingerprint density at radius 3 is 2.31 bits per heavy atom. The molecular weight excluding hydrogens is 160 g/mol. The SMILES string of the molecule is Cc1cc(C)cc([C@H]2C[C@H]2CO)c1. The molecule has 70 valence electrons. The van der Waals surface area contributed by atoms with E-state index in [2.05, 4.69) is 32.0 Å². The van der Waals surface area contributed by atoms with Crippen molar-refractivity contribution in [1.82, 2.24) is 0 Å². The van der Waals surface area contributed by atoms with Crippen LogP contribution in [0.15, 0.2) is 18.2 Å². The van der Waals surface area contributed by atoms with Gasteiger partial charge in [0.05, 0.1) is 0 Å². The van der Waals surface area contributed by atoms with E-state index in [1.54, 1.807) is 0 Å². The van der Waals surface area contributed by atoms with Gasteiger partial charge in [0.1, 0.15) is 0 Å². The molecule has 1 nitrogen and oxygen atoms in total. The molecule has 1 N–H and O–H groups in total. The van der Waals surface area contributed by atoms with Crippen molar-refractivity contribution in [2.75, 3.05) is 6.61 Å². The summed E-state index contributed by atoms with van der Waals surface area (Å²) in [4.78, 5) is 0. The topological polar surface area (TPSA) is 20.2 Å². The second-order valence-corrected chi connectivity index (χ2v) is 4.21. The first-order valence-corrected chi connectivity index (χ1v) is 4.90. The summed E-state index contributed by atoms with van der Waals surface area (Å²) in [5.74, 6) is 1.16. The van der Waals surface area contributed by atoms with Gasteiger partial charge >= 0.3 is 0 Å². The summed E-state index contributed by atoms with van der Waals surface area (Å²) in [5, 5.41) is 8.98. The first-order valence-electron chi connectivity index (χ1n) is 4.90. The van der Waals surface area contributed by atoms with Gasteiger partial charge in [-0.2, -0.15) is 0 Å². The summed E-state index contributed by atoms with van der Waals surface area (Å²) >= 11 is 0.